The van der Waals surface area contributed by atoms with Gasteiger partial charge in [-0.05, 0) is 36.4 Å². The Kier molecular flexibility index (Phi) is 4.97. The van der Waals surface area contributed by atoms with Gasteiger partial charge in [0.25, 0.3) is 5.91 Å². The molecule has 0 spiro atoms. The number of carbonyl (C=O) groups is 1. The molecular formula is C21H18F2N4O. The van der Waals surface area contributed by atoms with Gasteiger partial charge in [-0.1, -0.05) is 12.1 Å². The van der Waals surface area contributed by atoms with Crippen LogP contribution in [0.2, 0.25) is 0 Å². The minimum atomic E-state index is -0.329. The van der Waals surface area contributed by atoms with Crippen molar-refractivity contribution in [2.75, 3.05) is 31.1 Å². The average Bonchev–Trinajstić information content (AvgIpc) is 2.74. The normalized spacial score (nSPS) is 14.2. The van der Waals surface area contributed by atoms with Crippen LogP contribution >= 0.6 is 0 Å². The molecule has 7 heteroatoms. The van der Waals surface area contributed by atoms with Gasteiger partial charge < -0.3 is 9.80 Å². The first kappa shape index (κ1) is 18.0. The lowest BCUT2D eigenvalue weighted by molar-refractivity contribution is 0.0746. The summed E-state index contributed by atoms with van der Waals surface area (Å²) in [4.78, 5) is 24.8. The third-order valence-corrected chi connectivity index (χ3v) is 4.76. The van der Waals surface area contributed by atoms with E-state index in [-0.39, 0.29) is 17.5 Å². The van der Waals surface area contributed by atoms with Gasteiger partial charge in [0, 0.05) is 44.1 Å². The van der Waals surface area contributed by atoms with Gasteiger partial charge in [0.15, 0.2) is 5.82 Å². The summed E-state index contributed by atoms with van der Waals surface area (Å²) in [6.07, 6.45) is 2.97. The molecule has 2 heterocycles. The van der Waals surface area contributed by atoms with Crippen LogP contribution in [0.1, 0.15) is 10.4 Å². The van der Waals surface area contributed by atoms with Gasteiger partial charge >= 0.3 is 0 Å². The van der Waals surface area contributed by atoms with E-state index in [9.17, 15) is 13.6 Å². The van der Waals surface area contributed by atoms with Crippen LogP contribution in [0.5, 0.6) is 0 Å². The van der Waals surface area contributed by atoms with E-state index >= 15 is 0 Å². The monoisotopic (exact) mass is 380 g/mol. The SMILES string of the molecule is O=C(c1cnc(-c2ccc(F)cc2)nc1)N1CCN(c2ccccc2F)CC1. The Bertz CT molecular complexity index is 968. The number of rotatable bonds is 3. The molecule has 1 amide bonds. The highest BCUT2D eigenvalue weighted by Crippen LogP contribution is 2.21. The first-order chi connectivity index (χ1) is 13.6. The lowest BCUT2D eigenvalue weighted by Gasteiger charge is -2.36. The molecule has 3 aromatic rings. The maximum Gasteiger partial charge on any atom is 0.257 e. The van der Waals surface area contributed by atoms with Crippen molar-refractivity contribution in [3.63, 3.8) is 0 Å². The quantitative estimate of drug-likeness (QED) is 0.699. The van der Waals surface area contributed by atoms with E-state index in [0.717, 1.165) is 0 Å². The van der Waals surface area contributed by atoms with E-state index in [1.54, 1.807) is 35.2 Å². The van der Waals surface area contributed by atoms with E-state index in [0.29, 0.717) is 48.8 Å². The Morgan fingerprint density at radius 3 is 2.14 bits per heavy atom. The minimum Gasteiger partial charge on any atom is -0.366 e. The molecule has 5 nitrogen and oxygen atoms in total. The molecule has 0 aliphatic carbocycles. The number of nitrogens with zero attached hydrogens (tertiary/aromatic N) is 4. The summed E-state index contributed by atoms with van der Waals surface area (Å²) in [5.41, 5.74) is 1.63. The molecular weight excluding hydrogens is 362 g/mol. The van der Waals surface area contributed by atoms with Crippen LogP contribution in [0, 0.1) is 11.6 Å². The van der Waals surface area contributed by atoms with E-state index in [1.807, 2.05) is 4.90 Å². The zero-order valence-corrected chi connectivity index (χ0v) is 15.1. The molecule has 1 saturated heterocycles. The molecule has 0 unspecified atom stereocenters. The number of hydrogen-bond acceptors (Lipinski definition) is 4. The number of anilines is 1. The van der Waals surface area contributed by atoms with Crippen molar-refractivity contribution in [1.29, 1.82) is 0 Å². The standard InChI is InChI=1S/C21H18F2N4O/c22-17-7-5-15(6-8-17)20-24-13-16(14-25-20)21(28)27-11-9-26(10-12-27)19-4-2-1-3-18(19)23/h1-8,13-14H,9-12H2. The Morgan fingerprint density at radius 2 is 1.50 bits per heavy atom. The first-order valence-corrected chi connectivity index (χ1v) is 8.98. The fourth-order valence-corrected chi connectivity index (χ4v) is 3.23. The zero-order chi connectivity index (χ0) is 19.5. The van der Waals surface area contributed by atoms with Crippen molar-refractivity contribution in [1.82, 2.24) is 14.9 Å². The number of halogens is 2. The van der Waals surface area contributed by atoms with Gasteiger partial charge in [-0.2, -0.15) is 0 Å². The number of benzene rings is 2. The maximum absolute atomic E-state index is 13.9. The predicted molar refractivity (Wildman–Crippen MR) is 102 cm³/mol. The molecule has 2 aromatic carbocycles. The van der Waals surface area contributed by atoms with Gasteiger partial charge in [0.1, 0.15) is 11.6 Å². The van der Waals surface area contributed by atoms with Gasteiger partial charge in [-0.15, -0.1) is 0 Å². The number of hydrogen-bond donors (Lipinski definition) is 0. The second kappa shape index (κ2) is 7.72. The summed E-state index contributed by atoms with van der Waals surface area (Å²) >= 11 is 0. The highest BCUT2D eigenvalue weighted by Gasteiger charge is 2.24. The van der Waals surface area contributed by atoms with E-state index < -0.39 is 0 Å². The number of carbonyl (C=O) groups excluding carboxylic acids is 1. The van der Waals surface area contributed by atoms with Crippen molar-refractivity contribution in [3.8, 4) is 11.4 Å². The van der Waals surface area contributed by atoms with Crippen molar-refractivity contribution < 1.29 is 13.6 Å². The van der Waals surface area contributed by atoms with Crippen LogP contribution in [0.25, 0.3) is 11.4 Å². The van der Waals surface area contributed by atoms with Crippen LogP contribution in [0.3, 0.4) is 0 Å². The van der Waals surface area contributed by atoms with Crippen LogP contribution in [0.15, 0.2) is 60.9 Å². The fourth-order valence-electron chi connectivity index (χ4n) is 3.23. The van der Waals surface area contributed by atoms with Crippen LogP contribution in [0.4, 0.5) is 14.5 Å². The van der Waals surface area contributed by atoms with Crippen molar-refractivity contribution in [3.05, 3.63) is 78.1 Å². The minimum absolute atomic E-state index is 0.154. The molecule has 4 rings (SSSR count). The van der Waals surface area contributed by atoms with Crippen molar-refractivity contribution >= 4 is 11.6 Å². The van der Waals surface area contributed by atoms with E-state index in [2.05, 4.69) is 9.97 Å². The summed E-state index contributed by atoms with van der Waals surface area (Å²) in [7, 11) is 0. The van der Waals surface area contributed by atoms with Crippen LogP contribution < -0.4 is 4.90 Å². The molecule has 142 valence electrons. The summed E-state index contributed by atoms with van der Waals surface area (Å²) in [6, 6.07) is 12.5. The number of para-hydroxylation sites is 1. The zero-order valence-electron chi connectivity index (χ0n) is 15.1. The Balaban J connectivity index is 1.41. The fraction of sp³-hybridized carbons (Fsp3) is 0.190. The molecule has 1 fully saturated rings. The smallest absolute Gasteiger partial charge is 0.257 e. The summed E-state index contributed by atoms with van der Waals surface area (Å²) in [6.45, 7) is 2.10. The highest BCUT2D eigenvalue weighted by atomic mass is 19.1. The Morgan fingerprint density at radius 1 is 0.857 bits per heavy atom. The highest BCUT2D eigenvalue weighted by molar-refractivity contribution is 5.94. The van der Waals surface area contributed by atoms with Gasteiger partial charge in [0.2, 0.25) is 0 Å². The molecule has 28 heavy (non-hydrogen) atoms. The molecule has 0 N–H and O–H groups in total. The number of amides is 1. The third kappa shape index (κ3) is 3.69. The molecule has 1 aromatic heterocycles. The molecule has 1 aliphatic rings. The Labute approximate surface area is 161 Å². The van der Waals surface area contributed by atoms with Gasteiger partial charge in [0.05, 0.1) is 11.3 Å². The Hall–Kier alpha value is -3.35. The number of aromatic nitrogens is 2. The van der Waals surface area contributed by atoms with E-state index in [1.165, 1.54) is 30.6 Å². The summed E-state index contributed by atoms with van der Waals surface area (Å²) in [5, 5.41) is 0. The average molecular weight is 380 g/mol. The molecule has 1 aliphatic heterocycles. The lowest BCUT2D eigenvalue weighted by Crippen LogP contribution is -2.49. The second-order valence-electron chi connectivity index (χ2n) is 6.53. The lowest BCUT2D eigenvalue weighted by atomic mass is 10.2. The topological polar surface area (TPSA) is 49.3 Å². The molecule has 0 saturated carbocycles. The van der Waals surface area contributed by atoms with Crippen molar-refractivity contribution in [2.24, 2.45) is 0 Å². The van der Waals surface area contributed by atoms with E-state index in [4.69, 9.17) is 0 Å². The predicted octanol–water partition coefficient (Wildman–Crippen LogP) is 3.38. The first-order valence-electron chi connectivity index (χ1n) is 8.98. The number of piperazine rings is 1. The van der Waals surface area contributed by atoms with Crippen molar-refractivity contribution in [2.45, 2.75) is 0 Å². The molecule has 0 bridgehead atoms. The second-order valence-corrected chi connectivity index (χ2v) is 6.53. The van der Waals surface area contributed by atoms with Gasteiger partial charge in [-0.3, -0.25) is 4.79 Å². The largest absolute Gasteiger partial charge is 0.366 e. The molecule has 0 atom stereocenters. The van der Waals surface area contributed by atoms with Gasteiger partial charge in [-0.25, -0.2) is 18.7 Å². The summed E-state index contributed by atoms with van der Waals surface area (Å²) in [5.74, 6) is -0.308. The third-order valence-electron chi connectivity index (χ3n) is 4.76. The molecule has 0 radical (unpaired) electrons. The summed E-state index contributed by atoms with van der Waals surface area (Å²) < 4.78 is 27.0. The van der Waals surface area contributed by atoms with Crippen LogP contribution in [-0.4, -0.2) is 47.0 Å². The van der Waals surface area contributed by atoms with Crippen LogP contribution in [-0.2, 0) is 0 Å². The maximum atomic E-state index is 13.9.